The number of ether oxygens (including phenoxy) is 1. The second kappa shape index (κ2) is 6.81. The molecule has 0 fully saturated rings. The molecule has 0 aliphatic rings. The fourth-order valence-corrected chi connectivity index (χ4v) is 3.34. The number of halogens is 1. The van der Waals surface area contributed by atoms with Crippen molar-refractivity contribution in [3.05, 3.63) is 23.3 Å². The van der Waals surface area contributed by atoms with E-state index in [9.17, 15) is 8.42 Å². The lowest BCUT2D eigenvalue weighted by Crippen LogP contribution is -2.15. The van der Waals surface area contributed by atoms with Crippen molar-refractivity contribution in [3.8, 4) is 5.75 Å². The first kappa shape index (κ1) is 17.3. The second-order valence-corrected chi connectivity index (χ2v) is 7.84. The maximum Gasteiger partial charge on any atom is 0.261 e. The summed E-state index contributed by atoms with van der Waals surface area (Å²) in [6.45, 7) is 9.91. The van der Waals surface area contributed by atoms with Crippen LogP contribution in [0.25, 0.3) is 0 Å². The molecule has 0 saturated carbocycles. The van der Waals surface area contributed by atoms with Crippen molar-refractivity contribution < 1.29 is 13.2 Å². The van der Waals surface area contributed by atoms with Gasteiger partial charge in [-0.1, -0.05) is 27.7 Å². The molecule has 0 aromatic heterocycles. The number of aryl methyl sites for hydroxylation is 1. The molecule has 0 radical (unpaired) electrons. The van der Waals surface area contributed by atoms with E-state index in [1.807, 2.05) is 13.8 Å². The van der Waals surface area contributed by atoms with Crippen LogP contribution in [-0.2, 0) is 9.05 Å². The molecule has 1 aromatic rings. The Morgan fingerprint density at radius 1 is 1.20 bits per heavy atom. The normalized spacial score (nSPS) is 12.2. The minimum absolute atomic E-state index is 0.144. The van der Waals surface area contributed by atoms with E-state index in [0.717, 1.165) is 24.2 Å². The molecule has 114 valence electrons. The third-order valence-electron chi connectivity index (χ3n) is 3.40. The highest BCUT2D eigenvalue weighted by atomic mass is 35.7. The summed E-state index contributed by atoms with van der Waals surface area (Å²) in [7, 11) is 1.76. The van der Waals surface area contributed by atoms with Gasteiger partial charge in [-0.2, -0.15) is 0 Å². The number of hydrogen-bond acceptors (Lipinski definition) is 3. The van der Waals surface area contributed by atoms with Gasteiger partial charge < -0.3 is 4.74 Å². The predicted molar refractivity (Wildman–Crippen MR) is 83.3 cm³/mol. The van der Waals surface area contributed by atoms with Gasteiger partial charge >= 0.3 is 0 Å². The van der Waals surface area contributed by atoms with Crippen molar-refractivity contribution in [1.82, 2.24) is 0 Å². The van der Waals surface area contributed by atoms with E-state index < -0.39 is 9.05 Å². The topological polar surface area (TPSA) is 43.4 Å². The Labute approximate surface area is 126 Å². The third kappa shape index (κ3) is 4.13. The Kier molecular flexibility index (Phi) is 5.90. The van der Waals surface area contributed by atoms with E-state index in [0.29, 0.717) is 5.56 Å². The summed E-state index contributed by atoms with van der Waals surface area (Å²) in [5, 5.41) is 0. The van der Waals surface area contributed by atoms with Crippen molar-refractivity contribution in [2.45, 2.75) is 64.4 Å². The Balaban J connectivity index is 3.35. The molecule has 1 aromatic carbocycles. The summed E-state index contributed by atoms with van der Waals surface area (Å²) in [6.07, 6.45) is 1.98. The fourth-order valence-electron chi connectivity index (χ4n) is 2.13. The van der Waals surface area contributed by atoms with Crippen LogP contribution in [0.3, 0.4) is 0 Å². The lowest BCUT2D eigenvalue weighted by atomic mass is 10.0. The van der Waals surface area contributed by atoms with Crippen LogP contribution in [0.1, 0.15) is 57.6 Å². The van der Waals surface area contributed by atoms with Gasteiger partial charge in [0.25, 0.3) is 9.05 Å². The van der Waals surface area contributed by atoms with Gasteiger partial charge in [0, 0.05) is 10.7 Å². The molecule has 0 atom stereocenters. The van der Waals surface area contributed by atoms with Gasteiger partial charge in [-0.05, 0) is 48.9 Å². The first-order valence-electron chi connectivity index (χ1n) is 6.96. The monoisotopic (exact) mass is 318 g/mol. The summed E-state index contributed by atoms with van der Waals surface area (Å²) in [5.74, 6) is 0.924. The zero-order valence-corrected chi connectivity index (χ0v) is 14.3. The van der Waals surface area contributed by atoms with E-state index in [4.69, 9.17) is 15.4 Å². The van der Waals surface area contributed by atoms with E-state index in [1.165, 1.54) is 0 Å². The van der Waals surface area contributed by atoms with Gasteiger partial charge in [-0.25, -0.2) is 8.42 Å². The molecule has 0 saturated heterocycles. The molecule has 5 heteroatoms. The summed E-state index contributed by atoms with van der Waals surface area (Å²) >= 11 is 0. The second-order valence-electron chi connectivity index (χ2n) is 5.30. The van der Waals surface area contributed by atoms with Crippen LogP contribution in [0.4, 0.5) is 0 Å². The van der Waals surface area contributed by atoms with E-state index in [1.54, 1.807) is 19.1 Å². The minimum atomic E-state index is -3.73. The molecule has 1 rings (SSSR count). The molecule has 20 heavy (non-hydrogen) atoms. The molecule has 0 aliphatic carbocycles. The highest BCUT2D eigenvalue weighted by Gasteiger charge is 2.20. The molecule has 0 bridgehead atoms. The lowest BCUT2D eigenvalue weighted by Gasteiger charge is -2.21. The molecular formula is C15H23ClO3S. The van der Waals surface area contributed by atoms with Crippen molar-refractivity contribution in [1.29, 1.82) is 0 Å². The number of rotatable bonds is 6. The van der Waals surface area contributed by atoms with E-state index in [-0.39, 0.29) is 16.9 Å². The van der Waals surface area contributed by atoms with Crippen LogP contribution in [0.5, 0.6) is 5.75 Å². The van der Waals surface area contributed by atoms with Crippen LogP contribution in [-0.4, -0.2) is 14.5 Å². The Bertz CT molecular complexity index is 561. The number of hydrogen-bond donors (Lipinski definition) is 0. The van der Waals surface area contributed by atoms with Gasteiger partial charge in [-0.3, -0.25) is 0 Å². The van der Waals surface area contributed by atoms with Crippen LogP contribution in [0, 0.1) is 6.92 Å². The van der Waals surface area contributed by atoms with E-state index >= 15 is 0 Å². The summed E-state index contributed by atoms with van der Waals surface area (Å²) in [5.41, 5.74) is 1.49. The van der Waals surface area contributed by atoms with Gasteiger partial charge in [0.2, 0.25) is 0 Å². The Morgan fingerprint density at radius 2 is 1.75 bits per heavy atom. The fraction of sp³-hybridized carbons (Fsp3) is 0.600. The van der Waals surface area contributed by atoms with Crippen LogP contribution < -0.4 is 4.74 Å². The molecule has 0 amide bonds. The standard InChI is InChI=1S/C15H23ClO3S/c1-6-12(7-2)19-14-8-11(5)15(20(16,17)18)9-13(14)10(3)4/h8-10,12H,6-7H2,1-5H3. The quantitative estimate of drug-likeness (QED) is 0.719. The molecule has 0 unspecified atom stereocenters. The van der Waals surface area contributed by atoms with E-state index in [2.05, 4.69) is 13.8 Å². The molecule has 0 N–H and O–H groups in total. The van der Waals surface area contributed by atoms with Crippen molar-refractivity contribution in [2.75, 3.05) is 0 Å². The lowest BCUT2D eigenvalue weighted by molar-refractivity contribution is 0.190. The third-order valence-corrected chi connectivity index (χ3v) is 4.86. The van der Waals surface area contributed by atoms with Gasteiger partial charge in [-0.15, -0.1) is 0 Å². The maximum atomic E-state index is 11.6. The van der Waals surface area contributed by atoms with Crippen LogP contribution >= 0.6 is 10.7 Å². The molecule has 0 spiro atoms. The van der Waals surface area contributed by atoms with Crippen molar-refractivity contribution >= 4 is 19.7 Å². The Morgan fingerprint density at radius 3 is 2.15 bits per heavy atom. The molecule has 3 nitrogen and oxygen atoms in total. The predicted octanol–water partition coefficient (Wildman–Crippen LogP) is 4.61. The highest BCUT2D eigenvalue weighted by molar-refractivity contribution is 8.13. The summed E-state index contributed by atoms with van der Waals surface area (Å²) in [4.78, 5) is 0.166. The van der Waals surface area contributed by atoms with Crippen LogP contribution in [0.15, 0.2) is 17.0 Å². The highest BCUT2D eigenvalue weighted by Crippen LogP contribution is 2.34. The Hall–Kier alpha value is -0.740. The summed E-state index contributed by atoms with van der Waals surface area (Å²) < 4.78 is 29.2. The zero-order valence-electron chi connectivity index (χ0n) is 12.7. The first-order chi connectivity index (χ1) is 9.20. The zero-order chi connectivity index (χ0) is 15.5. The summed E-state index contributed by atoms with van der Waals surface area (Å²) in [6, 6.07) is 3.42. The average Bonchev–Trinajstić information content (AvgIpc) is 2.33. The molecule has 0 heterocycles. The smallest absolute Gasteiger partial charge is 0.261 e. The van der Waals surface area contributed by atoms with Gasteiger partial charge in [0.05, 0.1) is 11.0 Å². The average molecular weight is 319 g/mol. The SMILES string of the molecule is CCC(CC)Oc1cc(C)c(S(=O)(=O)Cl)cc1C(C)C. The maximum absolute atomic E-state index is 11.6. The molecule has 0 aliphatic heterocycles. The van der Waals surface area contributed by atoms with Gasteiger partial charge in [0.15, 0.2) is 0 Å². The molecular weight excluding hydrogens is 296 g/mol. The van der Waals surface area contributed by atoms with Gasteiger partial charge in [0.1, 0.15) is 5.75 Å². The van der Waals surface area contributed by atoms with Crippen molar-refractivity contribution in [3.63, 3.8) is 0 Å². The largest absolute Gasteiger partial charge is 0.490 e. The number of benzene rings is 1. The minimum Gasteiger partial charge on any atom is -0.490 e. The van der Waals surface area contributed by atoms with Crippen LogP contribution in [0.2, 0.25) is 0 Å². The van der Waals surface area contributed by atoms with Crippen molar-refractivity contribution in [2.24, 2.45) is 0 Å². The first-order valence-corrected chi connectivity index (χ1v) is 9.27.